The van der Waals surface area contributed by atoms with Gasteiger partial charge in [-0.15, -0.1) is 5.10 Å². The molecule has 0 saturated carbocycles. The van der Waals surface area contributed by atoms with E-state index in [2.05, 4.69) is 20.8 Å². The van der Waals surface area contributed by atoms with E-state index in [-0.39, 0.29) is 12.0 Å². The van der Waals surface area contributed by atoms with Gasteiger partial charge < -0.3 is 10.1 Å². The molecule has 0 aliphatic carbocycles. The van der Waals surface area contributed by atoms with E-state index in [0.29, 0.717) is 34.6 Å². The number of tetrazole rings is 1. The molecule has 0 spiro atoms. The van der Waals surface area contributed by atoms with Crippen molar-refractivity contribution < 1.29 is 9.53 Å². The molecule has 1 N–H and O–H groups in total. The molecule has 1 aliphatic rings. The van der Waals surface area contributed by atoms with Crippen molar-refractivity contribution in [2.45, 2.75) is 37.1 Å². The minimum Gasteiger partial charge on any atom is -0.376 e. The SMILES string of the molecule is O=C(CCSc1nnnn1CC1CCCO1)Nc1cccc(Cl)c1. The predicted octanol–water partition coefficient (Wildman–Crippen LogP) is 2.63. The first-order valence-corrected chi connectivity index (χ1v) is 9.13. The Kier molecular flexibility index (Phi) is 6.06. The zero-order chi connectivity index (χ0) is 16.8. The van der Waals surface area contributed by atoms with Crippen LogP contribution in [0.3, 0.4) is 0 Å². The van der Waals surface area contributed by atoms with E-state index in [1.54, 1.807) is 28.9 Å². The molecule has 1 aromatic carbocycles. The van der Waals surface area contributed by atoms with Gasteiger partial charge in [0.1, 0.15) is 0 Å². The second kappa shape index (κ2) is 8.46. The Labute approximate surface area is 149 Å². The summed E-state index contributed by atoms with van der Waals surface area (Å²) in [5.41, 5.74) is 0.695. The summed E-state index contributed by atoms with van der Waals surface area (Å²) in [6.07, 6.45) is 2.66. The van der Waals surface area contributed by atoms with Crippen molar-refractivity contribution in [3.63, 3.8) is 0 Å². The number of rotatable bonds is 7. The summed E-state index contributed by atoms with van der Waals surface area (Å²) >= 11 is 7.36. The summed E-state index contributed by atoms with van der Waals surface area (Å²) in [5.74, 6) is 0.529. The number of hydrogen-bond donors (Lipinski definition) is 1. The van der Waals surface area contributed by atoms with Crippen molar-refractivity contribution >= 4 is 35.0 Å². The number of nitrogens with zero attached hydrogens (tertiary/aromatic N) is 4. The third kappa shape index (κ3) is 4.93. The molecule has 1 atom stereocenters. The lowest BCUT2D eigenvalue weighted by atomic mass is 10.2. The van der Waals surface area contributed by atoms with Gasteiger partial charge >= 0.3 is 0 Å². The Morgan fingerprint density at radius 2 is 2.42 bits per heavy atom. The number of ether oxygens (including phenoxy) is 1. The van der Waals surface area contributed by atoms with E-state index in [4.69, 9.17) is 16.3 Å². The average molecular weight is 368 g/mol. The Balaban J connectivity index is 1.44. The molecule has 2 heterocycles. The molecule has 128 valence electrons. The van der Waals surface area contributed by atoms with Crippen molar-refractivity contribution in [1.82, 2.24) is 20.2 Å². The Morgan fingerprint density at radius 1 is 1.50 bits per heavy atom. The standard InChI is InChI=1S/C15H18ClN5O2S/c16-11-3-1-4-12(9-11)17-14(22)6-8-24-15-18-19-20-21(15)10-13-5-2-7-23-13/h1,3-4,9,13H,2,5-8,10H2,(H,17,22). The van der Waals surface area contributed by atoms with Crippen LogP contribution in [0.15, 0.2) is 29.4 Å². The quantitative estimate of drug-likeness (QED) is 0.757. The second-order valence-corrected chi connectivity index (χ2v) is 6.93. The van der Waals surface area contributed by atoms with Gasteiger partial charge in [0.25, 0.3) is 0 Å². The molecule has 1 amide bonds. The maximum Gasteiger partial charge on any atom is 0.225 e. The minimum atomic E-state index is -0.0667. The van der Waals surface area contributed by atoms with Gasteiger partial charge in [-0.05, 0) is 41.5 Å². The molecule has 0 bridgehead atoms. The molecule has 9 heteroatoms. The van der Waals surface area contributed by atoms with Crippen LogP contribution in [0.25, 0.3) is 0 Å². The number of thioether (sulfide) groups is 1. The molecule has 1 fully saturated rings. The van der Waals surface area contributed by atoms with Crippen LogP contribution < -0.4 is 5.32 Å². The summed E-state index contributed by atoms with van der Waals surface area (Å²) < 4.78 is 7.34. The molecule has 0 radical (unpaired) electrons. The van der Waals surface area contributed by atoms with Gasteiger partial charge in [-0.25, -0.2) is 4.68 Å². The first-order valence-electron chi connectivity index (χ1n) is 7.77. The van der Waals surface area contributed by atoms with Crippen LogP contribution in [0, 0.1) is 0 Å². The number of hydrogen-bond acceptors (Lipinski definition) is 6. The predicted molar refractivity (Wildman–Crippen MR) is 92.2 cm³/mol. The van der Waals surface area contributed by atoms with E-state index in [9.17, 15) is 4.79 Å². The fourth-order valence-corrected chi connectivity index (χ4v) is 3.44. The third-order valence-electron chi connectivity index (χ3n) is 3.57. The molecular formula is C15H18ClN5O2S. The Bertz CT molecular complexity index is 690. The largest absolute Gasteiger partial charge is 0.376 e. The number of carbonyl (C=O) groups excluding carboxylic acids is 1. The van der Waals surface area contributed by atoms with Crippen LogP contribution in [0.2, 0.25) is 5.02 Å². The van der Waals surface area contributed by atoms with Crippen molar-refractivity contribution in [1.29, 1.82) is 0 Å². The molecule has 1 unspecified atom stereocenters. The maximum atomic E-state index is 12.0. The first-order chi connectivity index (χ1) is 11.7. The number of aromatic nitrogens is 4. The van der Waals surface area contributed by atoms with Crippen molar-refractivity contribution in [2.24, 2.45) is 0 Å². The van der Waals surface area contributed by atoms with Gasteiger partial charge in [-0.2, -0.15) is 0 Å². The zero-order valence-corrected chi connectivity index (χ0v) is 14.6. The molecule has 2 aromatic rings. The highest BCUT2D eigenvalue weighted by atomic mass is 35.5. The fourth-order valence-electron chi connectivity index (χ4n) is 2.42. The second-order valence-electron chi connectivity index (χ2n) is 5.44. The molecule has 24 heavy (non-hydrogen) atoms. The van der Waals surface area contributed by atoms with E-state index >= 15 is 0 Å². The van der Waals surface area contributed by atoms with E-state index < -0.39 is 0 Å². The molecule has 1 aromatic heterocycles. The van der Waals surface area contributed by atoms with Gasteiger partial charge in [0.2, 0.25) is 11.1 Å². The fraction of sp³-hybridized carbons (Fsp3) is 0.467. The maximum absolute atomic E-state index is 12.0. The van der Waals surface area contributed by atoms with Gasteiger partial charge in [-0.1, -0.05) is 29.4 Å². The van der Waals surface area contributed by atoms with Crippen LogP contribution >= 0.6 is 23.4 Å². The summed E-state index contributed by atoms with van der Waals surface area (Å²) in [6.45, 7) is 1.46. The number of benzene rings is 1. The monoisotopic (exact) mass is 367 g/mol. The lowest BCUT2D eigenvalue weighted by molar-refractivity contribution is -0.115. The normalized spacial score (nSPS) is 17.1. The highest BCUT2D eigenvalue weighted by Gasteiger charge is 2.19. The lowest BCUT2D eigenvalue weighted by Crippen LogP contribution is -2.17. The number of nitrogens with one attached hydrogen (secondary N) is 1. The summed E-state index contributed by atoms with van der Waals surface area (Å²) in [7, 11) is 0. The van der Waals surface area contributed by atoms with Crippen LogP contribution in [0.5, 0.6) is 0 Å². The lowest BCUT2D eigenvalue weighted by Gasteiger charge is -2.10. The number of carbonyl (C=O) groups is 1. The summed E-state index contributed by atoms with van der Waals surface area (Å²) in [4.78, 5) is 12.0. The van der Waals surface area contributed by atoms with Crippen molar-refractivity contribution in [3.05, 3.63) is 29.3 Å². The van der Waals surface area contributed by atoms with Crippen LogP contribution in [-0.2, 0) is 16.1 Å². The Morgan fingerprint density at radius 3 is 3.21 bits per heavy atom. The van der Waals surface area contributed by atoms with Crippen LogP contribution in [-0.4, -0.2) is 44.6 Å². The molecule has 1 aliphatic heterocycles. The van der Waals surface area contributed by atoms with E-state index in [0.717, 1.165) is 19.4 Å². The first kappa shape index (κ1) is 17.2. The zero-order valence-electron chi connectivity index (χ0n) is 13.0. The number of anilines is 1. The summed E-state index contributed by atoms with van der Waals surface area (Å²) in [5, 5.41) is 15.8. The van der Waals surface area contributed by atoms with Crippen molar-refractivity contribution in [3.8, 4) is 0 Å². The molecule has 3 rings (SSSR count). The van der Waals surface area contributed by atoms with Crippen LogP contribution in [0.4, 0.5) is 5.69 Å². The third-order valence-corrected chi connectivity index (χ3v) is 4.76. The highest BCUT2D eigenvalue weighted by Crippen LogP contribution is 2.19. The number of halogens is 1. The van der Waals surface area contributed by atoms with Gasteiger partial charge in [0.05, 0.1) is 12.6 Å². The van der Waals surface area contributed by atoms with Gasteiger partial charge in [-0.3, -0.25) is 4.79 Å². The average Bonchev–Trinajstić information content (AvgIpc) is 3.20. The Hall–Kier alpha value is -1.64. The minimum absolute atomic E-state index is 0.0667. The highest BCUT2D eigenvalue weighted by molar-refractivity contribution is 7.99. The van der Waals surface area contributed by atoms with Gasteiger partial charge in [0.15, 0.2) is 0 Å². The van der Waals surface area contributed by atoms with E-state index in [1.807, 2.05) is 0 Å². The van der Waals surface area contributed by atoms with Crippen LogP contribution in [0.1, 0.15) is 19.3 Å². The molecule has 1 saturated heterocycles. The number of amides is 1. The summed E-state index contributed by atoms with van der Waals surface area (Å²) in [6, 6.07) is 7.08. The smallest absolute Gasteiger partial charge is 0.225 e. The topological polar surface area (TPSA) is 81.9 Å². The van der Waals surface area contributed by atoms with Crippen molar-refractivity contribution in [2.75, 3.05) is 17.7 Å². The molecule has 7 nitrogen and oxygen atoms in total. The molecular weight excluding hydrogens is 350 g/mol. The van der Waals surface area contributed by atoms with E-state index in [1.165, 1.54) is 11.8 Å². The van der Waals surface area contributed by atoms with Gasteiger partial charge in [0, 0.05) is 29.5 Å².